The lowest BCUT2D eigenvalue weighted by molar-refractivity contribution is -0.384. The number of carbonyl (C=O) groups is 2. The maximum atomic E-state index is 13.0. The smallest absolute Gasteiger partial charge is 0.293 e. The standard InChI is InChI=1S/C24H16N2O5S/c1-2-12-31-21-11-10-17-7-3-4-9-19(17)20(21)14-22-23(27)25(24(28)32-22)15-16-6-5-8-18(13-16)26(29)30/h1,3-11,13-14H,12,15H2/b22-14-. The number of rotatable bonds is 6. The second-order valence-electron chi connectivity index (χ2n) is 6.89. The molecule has 0 radical (unpaired) electrons. The van der Waals surface area contributed by atoms with Gasteiger partial charge in [0.2, 0.25) is 0 Å². The van der Waals surface area contributed by atoms with E-state index in [1.807, 2.05) is 30.3 Å². The molecule has 1 heterocycles. The molecule has 8 heteroatoms. The average molecular weight is 444 g/mol. The van der Waals surface area contributed by atoms with Gasteiger partial charge in [-0.25, -0.2) is 0 Å². The van der Waals surface area contributed by atoms with Gasteiger partial charge >= 0.3 is 0 Å². The third-order valence-corrected chi connectivity index (χ3v) is 5.76. The van der Waals surface area contributed by atoms with Gasteiger partial charge < -0.3 is 4.74 Å². The van der Waals surface area contributed by atoms with Crippen molar-refractivity contribution < 1.29 is 19.2 Å². The number of ether oxygens (including phenoxy) is 1. The number of thioether (sulfide) groups is 1. The molecule has 1 aliphatic heterocycles. The molecular weight excluding hydrogens is 428 g/mol. The maximum absolute atomic E-state index is 13.0. The number of carbonyl (C=O) groups excluding carboxylic acids is 2. The van der Waals surface area contributed by atoms with Crippen molar-refractivity contribution in [1.29, 1.82) is 0 Å². The van der Waals surface area contributed by atoms with Gasteiger partial charge in [0.25, 0.3) is 16.8 Å². The normalized spacial score (nSPS) is 14.7. The lowest BCUT2D eigenvalue weighted by atomic mass is 10.0. The first kappa shape index (κ1) is 21.2. The molecule has 3 aromatic carbocycles. The van der Waals surface area contributed by atoms with Gasteiger partial charge in [-0.05, 0) is 40.2 Å². The van der Waals surface area contributed by atoms with Crippen molar-refractivity contribution in [3.8, 4) is 18.1 Å². The molecule has 4 rings (SSSR count). The van der Waals surface area contributed by atoms with Gasteiger partial charge in [0.05, 0.1) is 16.4 Å². The minimum Gasteiger partial charge on any atom is -0.480 e. The zero-order valence-corrected chi connectivity index (χ0v) is 17.5. The van der Waals surface area contributed by atoms with Crippen LogP contribution in [-0.2, 0) is 11.3 Å². The molecule has 0 spiro atoms. The predicted octanol–water partition coefficient (Wildman–Crippen LogP) is 5.00. The number of hydrogen-bond acceptors (Lipinski definition) is 6. The summed E-state index contributed by atoms with van der Waals surface area (Å²) in [7, 11) is 0. The molecule has 1 aliphatic rings. The predicted molar refractivity (Wildman–Crippen MR) is 123 cm³/mol. The molecule has 0 aliphatic carbocycles. The molecule has 158 valence electrons. The number of imide groups is 1. The van der Waals surface area contributed by atoms with Crippen molar-refractivity contribution in [2.75, 3.05) is 6.61 Å². The zero-order chi connectivity index (χ0) is 22.7. The van der Waals surface area contributed by atoms with Gasteiger partial charge in [0.15, 0.2) is 0 Å². The monoisotopic (exact) mass is 444 g/mol. The Morgan fingerprint density at radius 1 is 1.12 bits per heavy atom. The molecular formula is C24H16N2O5S. The molecule has 7 nitrogen and oxygen atoms in total. The van der Waals surface area contributed by atoms with Crippen LogP contribution in [0, 0.1) is 22.5 Å². The van der Waals surface area contributed by atoms with Crippen LogP contribution in [0.1, 0.15) is 11.1 Å². The van der Waals surface area contributed by atoms with Crippen LogP contribution in [0.2, 0.25) is 0 Å². The third kappa shape index (κ3) is 4.19. The van der Waals surface area contributed by atoms with E-state index in [9.17, 15) is 19.7 Å². The summed E-state index contributed by atoms with van der Waals surface area (Å²) < 4.78 is 5.66. The van der Waals surface area contributed by atoms with Crippen molar-refractivity contribution in [2.45, 2.75) is 6.54 Å². The van der Waals surface area contributed by atoms with E-state index in [1.54, 1.807) is 18.2 Å². The number of terminal acetylenes is 1. The lowest BCUT2D eigenvalue weighted by Gasteiger charge is -2.13. The van der Waals surface area contributed by atoms with Crippen LogP contribution in [0.25, 0.3) is 16.8 Å². The summed E-state index contributed by atoms with van der Waals surface area (Å²) in [6, 6.07) is 17.1. The van der Waals surface area contributed by atoms with Crippen molar-refractivity contribution >= 4 is 45.4 Å². The molecule has 0 unspecified atom stereocenters. The fraction of sp³-hybridized carbons (Fsp3) is 0.0833. The average Bonchev–Trinajstić information content (AvgIpc) is 3.06. The Morgan fingerprint density at radius 3 is 2.72 bits per heavy atom. The zero-order valence-electron chi connectivity index (χ0n) is 16.7. The number of nitrogens with zero attached hydrogens (tertiary/aromatic N) is 2. The van der Waals surface area contributed by atoms with Crippen LogP contribution in [-0.4, -0.2) is 27.6 Å². The van der Waals surface area contributed by atoms with Crippen molar-refractivity contribution in [3.63, 3.8) is 0 Å². The highest BCUT2D eigenvalue weighted by atomic mass is 32.2. The second-order valence-corrected chi connectivity index (χ2v) is 7.88. The van der Waals surface area contributed by atoms with Gasteiger partial charge in [-0.2, -0.15) is 0 Å². The number of fused-ring (bicyclic) bond motifs is 1. The Hall–Kier alpha value is -4.09. The van der Waals surface area contributed by atoms with E-state index in [2.05, 4.69) is 5.92 Å². The second kappa shape index (κ2) is 8.96. The van der Waals surface area contributed by atoms with Gasteiger partial charge in [0, 0.05) is 17.7 Å². The molecule has 0 aromatic heterocycles. The number of non-ortho nitro benzene ring substituents is 1. The molecule has 3 aromatic rings. The van der Waals surface area contributed by atoms with Gasteiger partial charge in [-0.1, -0.05) is 48.4 Å². The molecule has 0 saturated carbocycles. The van der Waals surface area contributed by atoms with Gasteiger partial charge in [-0.3, -0.25) is 24.6 Å². The van der Waals surface area contributed by atoms with Crippen LogP contribution < -0.4 is 4.74 Å². The summed E-state index contributed by atoms with van der Waals surface area (Å²) in [5.74, 6) is 2.46. The molecule has 0 atom stereocenters. The molecule has 2 amide bonds. The molecule has 1 saturated heterocycles. The van der Waals surface area contributed by atoms with Crippen LogP contribution in [0.3, 0.4) is 0 Å². The van der Waals surface area contributed by atoms with E-state index in [1.165, 1.54) is 18.2 Å². The highest BCUT2D eigenvalue weighted by Gasteiger charge is 2.35. The van der Waals surface area contributed by atoms with Crippen molar-refractivity contribution in [1.82, 2.24) is 4.90 Å². The lowest BCUT2D eigenvalue weighted by Crippen LogP contribution is -2.27. The number of benzene rings is 3. The highest BCUT2D eigenvalue weighted by molar-refractivity contribution is 8.18. The summed E-state index contributed by atoms with van der Waals surface area (Å²) >= 11 is 0.816. The van der Waals surface area contributed by atoms with Gasteiger partial charge in [-0.15, -0.1) is 6.42 Å². The topological polar surface area (TPSA) is 89.8 Å². The molecule has 0 bridgehead atoms. The summed E-state index contributed by atoms with van der Waals surface area (Å²) in [5.41, 5.74) is 1.04. The minimum atomic E-state index is -0.518. The molecule has 1 fully saturated rings. The van der Waals surface area contributed by atoms with E-state index in [0.717, 1.165) is 27.4 Å². The summed E-state index contributed by atoms with van der Waals surface area (Å²) in [6.07, 6.45) is 6.95. The first-order chi connectivity index (χ1) is 15.5. The van der Waals surface area contributed by atoms with E-state index >= 15 is 0 Å². The van der Waals surface area contributed by atoms with Crippen LogP contribution >= 0.6 is 11.8 Å². The van der Waals surface area contributed by atoms with Crippen LogP contribution in [0.5, 0.6) is 5.75 Å². The number of nitro benzene ring substituents is 1. The largest absolute Gasteiger partial charge is 0.480 e. The van der Waals surface area contributed by atoms with E-state index in [0.29, 0.717) is 16.9 Å². The summed E-state index contributed by atoms with van der Waals surface area (Å²) in [6.45, 7) is 0.00706. The minimum absolute atomic E-state index is 0.0559. The quantitative estimate of drug-likeness (QED) is 0.230. The summed E-state index contributed by atoms with van der Waals surface area (Å²) in [5, 5.41) is 12.4. The van der Waals surface area contributed by atoms with E-state index < -0.39 is 16.1 Å². The number of amides is 2. The van der Waals surface area contributed by atoms with Crippen LogP contribution in [0.4, 0.5) is 10.5 Å². The third-order valence-electron chi connectivity index (χ3n) is 4.85. The Morgan fingerprint density at radius 2 is 1.94 bits per heavy atom. The fourth-order valence-corrected chi connectivity index (χ4v) is 4.21. The summed E-state index contributed by atoms with van der Waals surface area (Å²) in [4.78, 5) is 37.4. The first-order valence-corrected chi connectivity index (χ1v) is 10.4. The Labute approximate surface area is 187 Å². The SMILES string of the molecule is C#CCOc1ccc2ccccc2c1/C=C1\SC(=O)N(Cc2cccc([N+](=O)[O-])c2)C1=O. The number of nitro groups is 1. The first-order valence-electron chi connectivity index (χ1n) is 9.54. The fourth-order valence-electron chi connectivity index (χ4n) is 3.39. The van der Waals surface area contributed by atoms with Crippen LogP contribution in [0.15, 0.2) is 65.6 Å². The van der Waals surface area contributed by atoms with Crippen molar-refractivity contribution in [2.24, 2.45) is 0 Å². The van der Waals surface area contributed by atoms with Crippen molar-refractivity contribution in [3.05, 3.63) is 86.8 Å². The maximum Gasteiger partial charge on any atom is 0.293 e. The Balaban J connectivity index is 1.69. The molecule has 32 heavy (non-hydrogen) atoms. The highest BCUT2D eigenvalue weighted by Crippen LogP contribution is 2.37. The Kier molecular flexibility index (Phi) is 5.92. The molecule has 0 N–H and O–H groups in total. The Bertz CT molecular complexity index is 1330. The van der Waals surface area contributed by atoms with E-state index in [-0.39, 0.29) is 23.7 Å². The van der Waals surface area contributed by atoms with Gasteiger partial charge in [0.1, 0.15) is 12.4 Å². The van der Waals surface area contributed by atoms with E-state index in [4.69, 9.17) is 11.2 Å². The number of hydrogen-bond donors (Lipinski definition) is 0.